The summed E-state index contributed by atoms with van der Waals surface area (Å²) in [5.41, 5.74) is 0.894. The van der Waals surface area contributed by atoms with Crippen molar-refractivity contribution in [3.8, 4) is 0 Å². The first-order chi connectivity index (χ1) is 15.9. The molecular formula is C24H25ClFN3O4. The predicted molar refractivity (Wildman–Crippen MR) is 121 cm³/mol. The molecule has 0 aliphatic carbocycles. The van der Waals surface area contributed by atoms with Crippen molar-refractivity contribution in [1.29, 1.82) is 0 Å². The standard InChI is InChI=1S/C24H25ClFN3O4/c1-2-33-20(30)15-27-23(32)28-13-11-24(12-14-28)21(16-3-5-17(25)6-4-16)29(22(24)31)19-9-7-18(26)8-10-19/h3-10,21H,2,11-15H2,1H3,(H,27,32). The zero-order valence-electron chi connectivity index (χ0n) is 18.2. The second-order valence-corrected chi connectivity index (χ2v) is 8.65. The number of rotatable bonds is 5. The topological polar surface area (TPSA) is 79.0 Å². The SMILES string of the molecule is CCOC(=O)CNC(=O)N1CCC2(CC1)C(=O)N(c1ccc(F)cc1)C2c1ccc(Cl)cc1. The second kappa shape index (κ2) is 9.39. The molecule has 0 saturated carbocycles. The molecule has 33 heavy (non-hydrogen) atoms. The van der Waals surface area contributed by atoms with Gasteiger partial charge in [-0.05, 0) is 61.7 Å². The van der Waals surface area contributed by atoms with Gasteiger partial charge >= 0.3 is 12.0 Å². The minimum atomic E-state index is -0.667. The van der Waals surface area contributed by atoms with Crippen LogP contribution in [0.4, 0.5) is 14.9 Å². The maximum Gasteiger partial charge on any atom is 0.325 e. The Balaban J connectivity index is 1.52. The summed E-state index contributed by atoms with van der Waals surface area (Å²) in [6, 6.07) is 12.6. The molecule has 1 spiro atoms. The average Bonchev–Trinajstić information content (AvgIpc) is 2.82. The molecule has 2 aliphatic heterocycles. The van der Waals surface area contributed by atoms with Gasteiger partial charge in [-0.3, -0.25) is 9.59 Å². The molecule has 7 nitrogen and oxygen atoms in total. The van der Waals surface area contributed by atoms with Crippen molar-refractivity contribution >= 4 is 35.2 Å². The Hall–Kier alpha value is -3.13. The minimum Gasteiger partial charge on any atom is -0.465 e. The van der Waals surface area contributed by atoms with E-state index in [4.69, 9.17) is 16.3 Å². The first-order valence-corrected chi connectivity index (χ1v) is 11.3. The van der Waals surface area contributed by atoms with Crippen molar-refractivity contribution in [2.45, 2.75) is 25.8 Å². The van der Waals surface area contributed by atoms with Crippen LogP contribution in [-0.2, 0) is 14.3 Å². The van der Waals surface area contributed by atoms with Gasteiger partial charge in [-0.15, -0.1) is 0 Å². The fourth-order valence-corrected chi connectivity index (χ4v) is 4.83. The first-order valence-electron chi connectivity index (χ1n) is 10.9. The quantitative estimate of drug-likeness (QED) is 0.527. The molecule has 0 bridgehead atoms. The number of carbonyl (C=O) groups excluding carboxylic acids is 3. The molecule has 1 atom stereocenters. The molecule has 2 aromatic carbocycles. The molecule has 2 aromatic rings. The van der Waals surface area contributed by atoms with Gasteiger partial charge in [-0.25, -0.2) is 9.18 Å². The Morgan fingerprint density at radius 3 is 2.36 bits per heavy atom. The number of halogens is 2. The van der Waals surface area contributed by atoms with Crippen molar-refractivity contribution in [3.63, 3.8) is 0 Å². The van der Waals surface area contributed by atoms with Gasteiger partial charge in [0.15, 0.2) is 0 Å². The molecule has 174 valence electrons. The monoisotopic (exact) mass is 473 g/mol. The molecule has 2 saturated heterocycles. The molecule has 9 heteroatoms. The maximum absolute atomic E-state index is 13.5. The lowest BCUT2D eigenvalue weighted by Gasteiger charge is -2.59. The number of nitrogens with zero attached hydrogens (tertiary/aromatic N) is 2. The summed E-state index contributed by atoms with van der Waals surface area (Å²) in [5.74, 6) is -0.904. The van der Waals surface area contributed by atoms with Crippen LogP contribution >= 0.6 is 11.6 Å². The van der Waals surface area contributed by atoms with Crippen molar-refractivity contribution in [2.24, 2.45) is 5.41 Å². The Labute approximate surface area is 196 Å². The highest BCUT2D eigenvalue weighted by Crippen LogP contribution is 2.57. The molecule has 3 amide bonds. The molecule has 4 rings (SSSR count). The highest BCUT2D eigenvalue weighted by Gasteiger charge is 2.62. The lowest BCUT2D eigenvalue weighted by Crippen LogP contribution is -2.67. The molecule has 0 aromatic heterocycles. The molecule has 2 aliphatic rings. The van der Waals surface area contributed by atoms with E-state index in [9.17, 15) is 18.8 Å². The van der Waals surface area contributed by atoms with Crippen LogP contribution in [0.25, 0.3) is 0 Å². The molecule has 1 N–H and O–H groups in total. The highest BCUT2D eigenvalue weighted by molar-refractivity contribution is 6.30. The third kappa shape index (κ3) is 4.39. The Morgan fingerprint density at radius 2 is 1.76 bits per heavy atom. The van der Waals surface area contributed by atoms with Gasteiger partial charge in [-0.1, -0.05) is 23.7 Å². The number of hydrogen-bond acceptors (Lipinski definition) is 4. The number of hydrogen-bond donors (Lipinski definition) is 1. The first kappa shape index (κ1) is 23.0. The van der Waals surface area contributed by atoms with E-state index in [1.807, 2.05) is 12.1 Å². The van der Waals surface area contributed by atoms with E-state index >= 15 is 0 Å². The minimum absolute atomic E-state index is 0.0411. The number of esters is 1. The van der Waals surface area contributed by atoms with E-state index in [1.54, 1.807) is 41.0 Å². The van der Waals surface area contributed by atoms with Crippen LogP contribution in [0.1, 0.15) is 31.4 Å². The number of ether oxygens (including phenoxy) is 1. The molecular weight excluding hydrogens is 449 g/mol. The Kier molecular flexibility index (Phi) is 6.56. The summed E-state index contributed by atoms with van der Waals surface area (Å²) >= 11 is 6.07. The van der Waals surface area contributed by atoms with Crippen LogP contribution in [0.2, 0.25) is 5.02 Å². The number of likely N-dealkylation sites (tertiary alicyclic amines) is 1. The normalized spacial score (nSPS) is 19.2. The number of nitrogens with one attached hydrogen (secondary N) is 1. The van der Waals surface area contributed by atoms with E-state index in [0.717, 1.165) is 5.56 Å². The van der Waals surface area contributed by atoms with Crippen LogP contribution in [-0.4, -0.2) is 49.0 Å². The number of amides is 3. The van der Waals surface area contributed by atoms with Gasteiger partial charge in [-0.2, -0.15) is 0 Å². The lowest BCUT2D eigenvalue weighted by molar-refractivity contribution is -0.144. The van der Waals surface area contributed by atoms with Crippen molar-refractivity contribution < 1.29 is 23.5 Å². The highest BCUT2D eigenvalue weighted by atomic mass is 35.5. The van der Waals surface area contributed by atoms with Crippen molar-refractivity contribution in [1.82, 2.24) is 10.2 Å². The van der Waals surface area contributed by atoms with E-state index in [2.05, 4.69) is 5.32 Å². The van der Waals surface area contributed by atoms with E-state index in [-0.39, 0.29) is 36.9 Å². The van der Waals surface area contributed by atoms with Gasteiger partial charge in [0, 0.05) is 23.8 Å². The largest absolute Gasteiger partial charge is 0.465 e. The van der Waals surface area contributed by atoms with Crippen molar-refractivity contribution in [3.05, 3.63) is 64.9 Å². The Morgan fingerprint density at radius 1 is 1.12 bits per heavy atom. The van der Waals surface area contributed by atoms with Crippen LogP contribution < -0.4 is 10.2 Å². The number of benzene rings is 2. The van der Waals surface area contributed by atoms with Gasteiger partial charge in [0.25, 0.3) is 0 Å². The Bertz CT molecular complexity index is 1040. The smallest absolute Gasteiger partial charge is 0.325 e. The molecule has 2 fully saturated rings. The average molecular weight is 474 g/mol. The third-order valence-electron chi connectivity index (χ3n) is 6.35. The number of urea groups is 1. The van der Waals surface area contributed by atoms with Crippen LogP contribution in [0, 0.1) is 11.2 Å². The zero-order chi connectivity index (χ0) is 23.6. The van der Waals surface area contributed by atoms with E-state index < -0.39 is 11.4 Å². The van der Waals surface area contributed by atoms with Gasteiger partial charge in [0.2, 0.25) is 5.91 Å². The van der Waals surface area contributed by atoms with Gasteiger partial charge in [0.05, 0.1) is 18.1 Å². The number of anilines is 1. The summed E-state index contributed by atoms with van der Waals surface area (Å²) in [6.45, 7) is 2.51. The summed E-state index contributed by atoms with van der Waals surface area (Å²) in [6.07, 6.45) is 0.952. The molecule has 1 unspecified atom stereocenters. The van der Waals surface area contributed by atoms with Crippen LogP contribution in [0.3, 0.4) is 0 Å². The molecule has 0 radical (unpaired) electrons. The maximum atomic E-state index is 13.5. The fraction of sp³-hybridized carbons (Fsp3) is 0.375. The third-order valence-corrected chi connectivity index (χ3v) is 6.60. The van der Waals surface area contributed by atoms with Crippen molar-refractivity contribution in [2.75, 3.05) is 31.1 Å². The van der Waals surface area contributed by atoms with Crippen LogP contribution in [0.15, 0.2) is 48.5 Å². The van der Waals surface area contributed by atoms with Crippen LogP contribution in [0.5, 0.6) is 0 Å². The zero-order valence-corrected chi connectivity index (χ0v) is 19.0. The summed E-state index contributed by atoms with van der Waals surface area (Å²) in [5, 5.41) is 3.16. The second-order valence-electron chi connectivity index (χ2n) is 8.21. The predicted octanol–water partition coefficient (Wildman–Crippen LogP) is 3.92. The summed E-state index contributed by atoms with van der Waals surface area (Å²) in [4.78, 5) is 40.7. The lowest BCUT2D eigenvalue weighted by atomic mass is 9.62. The number of carbonyl (C=O) groups is 3. The molecule has 2 heterocycles. The number of piperidine rings is 1. The summed E-state index contributed by atoms with van der Waals surface area (Å²) < 4.78 is 18.3. The van der Waals surface area contributed by atoms with Gasteiger partial charge in [0.1, 0.15) is 12.4 Å². The van der Waals surface area contributed by atoms with Gasteiger partial charge < -0.3 is 19.9 Å². The van der Waals surface area contributed by atoms with E-state index in [1.165, 1.54) is 12.1 Å². The van der Waals surface area contributed by atoms with E-state index in [0.29, 0.717) is 36.6 Å². The fourth-order valence-electron chi connectivity index (χ4n) is 4.70. The summed E-state index contributed by atoms with van der Waals surface area (Å²) in [7, 11) is 0. The number of β-lactam (4-membered cyclic amide) rings is 1.